The molecule has 0 saturated carbocycles. The van der Waals surface area contributed by atoms with Gasteiger partial charge in [-0.2, -0.15) is 0 Å². The summed E-state index contributed by atoms with van der Waals surface area (Å²) in [6.45, 7) is 2.27. The molecule has 0 aliphatic carbocycles. The zero-order chi connectivity index (χ0) is 32.2. The van der Waals surface area contributed by atoms with Crippen molar-refractivity contribution >= 4 is 11.8 Å². The Morgan fingerprint density at radius 2 is 0.913 bits per heavy atom. The second kappa shape index (κ2) is 20.2. The number of amides is 2. The van der Waals surface area contributed by atoms with Crippen molar-refractivity contribution in [1.29, 1.82) is 0 Å². The van der Waals surface area contributed by atoms with Gasteiger partial charge in [0.25, 0.3) is 5.91 Å². The van der Waals surface area contributed by atoms with Crippen LogP contribution in [0.5, 0.6) is 0 Å². The van der Waals surface area contributed by atoms with Crippen molar-refractivity contribution in [2.75, 3.05) is 0 Å². The molecule has 3 heteroatoms. The van der Waals surface area contributed by atoms with Crippen molar-refractivity contribution in [1.82, 2.24) is 5.32 Å². The number of nitrogens with one attached hydrogen (secondary N) is 1. The van der Waals surface area contributed by atoms with Gasteiger partial charge in [0, 0.05) is 17.5 Å². The molecule has 242 valence electrons. The van der Waals surface area contributed by atoms with Gasteiger partial charge in [-0.25, -0.2) is 0 Å². The van der Waals surface area contributed by atoms with Crippen LogP contribution in [0.3, 0.4) is 0 Å². The number of benzene rings is 4. The predicted octanol–water partition coefficient (Wildman–Crippen LogP) is 12.2. The Kier molecular flexibility index (Phi) is 15.3. The fraction of sp³-hybridized carbons (Fsp3) is 0.395. The molecule has 4 aromatic rings. The minimum atomic E-state index is -0.347. The van der Waals surface area contributed by atoms with E-state index in [4.69, 9.17) is 0 Å². The third-order valence-corrected chi connectivity index (χ3v) is 8.90. The lowest BCUT2D eigenvalue weighted by Gasteiger charge is -2.18. The molecule has 0 aliphatic rings. The van der Waals surface area contributed by atoms with Crippen LogP contribution < -0.4 is 5.32 Å². The molecule has 1 N–H and O–H groups in total. The Hall–Kier alpha value is -3.98. The Balaban J connectivity index is 1.31. The highest BCUT2D eigenvalue weighted by molar-refractivity contribution is 6.11. The first-order valence-corrected chi connectivity index (χ1v) is 17.9. The van der Waals surface area contributed by atoms with Gasteiger partial charge in [0.2, 0.25) is 5.91 Å². The summed E-state index contributed by atoms with van der Waals surface area (Å²) in [7, 11) is 0. The maximum absolute atomic E-state index is 13.8. The van der Waals surface area contributed by atoms with Crippen LogP contribution in [0.4, 0.5) is 0 Å². The van der Waals surface area contributed by atoms with Gasteiger partial charge < -0.3 is 0 Å². The van der Waals surface area contributed by atoms with Gasteiger partial charge in [0.05, 0.1) is 0 Å². The monoisotopic (exact) mass is 615 g/mol. The zero-order valence-electron chi connectivity index (χ0n) is 27.9. The molecule has 0 radical (unpaired) electrons. The summed E-state index contributed by atoms with van der Waals surface area (Å²) in [6, 6.07) is 34.3. The first-order valence-electron chi connectivity index (χ1n) is 17.9. The molecule has 0 bridgehead atoms. The molecule has 0 unspecified atom stereocenters. The summed E-state index contributed by atoms with van der Waals surface area (Å²) in [5.74, 6) is -0.551. The molecule has 0 heterocycles. The van der Waals surface area contributed by atoms with E-state index < -0.39 is 0 Å². The van der Waals surface area contributed by atoms with Crippen LogP contribution in [-0.4, -0.2) is 11.8 Å². The van der Waals surface area contributed by atoms with Crippen LogP contribution in [0.1, 0.15) is 120 Å². The molecule has 0 saturated heterocycles. The number of hydrogen-bond acceptors (Lipinski definition) is 2. The number of carbonyl (C=O) groups excluding carboxylic acids is 2. The first-order chi connectivity index (χ1) is 22.7. The summed E-state index contributed by atoms with van der Waals surface area (Å²) in [4.78, 5) is 26.8. The standard InChI is InChI=1S/C43H53NO2/c1-2-3-4-5-6-7-8-9-10-11-12-13-14-15-25-32-41(45)44-43(46)40-34-38(35-26-19-16-20-27-35)33-39(36-28-21-17-22-29-36)42(40)37-30-23-18-24-31-37/h16-24,26-31,33-34H,2-15,25,32H2,1H3,(H,44,45,46). The van der Waals surface area contributed by atoms with Crippen LogP contribution >= 0.6 is 0 Å². The number of carbonyl (C=O) groups is 2. The molecule has 0 fully saturated rings. The average molecular weight is 616 g/mol. The molecule has 46 heavy (non-hydrogen) atoms. The second-order valence-corrected chi connectivity index (χ2v) is 12.6. The van der Waals surface area contributed by atoms with Gasteiger partial charge in [0.15, 0.2) is 0 Å². The second-order valence-electron chi connectivity index (χ2n) is 12.6. The summed E-state index contributed by atoms with van der Waals surface area (Å²) in [5, 5.41) is 2.74. The fourth-order valence-corrected chi connectivity index (χ4v) is 6.29. The van der Waals surface area contributed by atoms with Gasteiger partial charge >= 0.3 is 0 Å². The third kappa shape index (κ3) is 11.4. The van der Waals surface area contributed by atoms with E-state index in [1.807, 2.05) is 72.8 Å². The largest absolute Gasteiger partial charge is 0.292 e. The molecule has 2 amide bonds. The molecule has 4 aromatic carbocycles. The normalized spacial score (nSPS) is 11.0. The highest BCUT2D eigenvalue weighted by Crippen LogP contribution is 2.39. The van der Waals surface area contributed by atoms with Crippen molar-refractivity contribution in [2.24, 2.45) is 0 Å². The number of rotatable bonds is 20. The Labute approximate surface area is 277 Å². The third-order valence-electron chi connectivity index (χ3n) is 8.90. The molecule has 0 atom stereocenters. The SMILES string of the molecule is CCCCCCCCCCCCCCCCCC(=O)NC(=O)c1cc(-c2ccccc2)cc(-c2ccccc2)c1-c1ccccc1. The quantitative estimate of drug-likeness (QED) is 0.101. The van der Waals surface area contributed by atoms with Gasteiger partial charge in [-0.1, -0.05) is 188 Å². The number of hydrogen-bond donors (Lipinski definition) is 1. The lowest BCUT2D eigenvalue weighted by molar-refractivity contribution is -0.120. The Morgan fingerprint density at radius 3 is 1.41 bits per heavy atom. The summed E-state index contributed by atoms with van der Waals surface area (Å²) < 4.78 is 0. The first kappa shape index (κ1) is 34.9. The maximum atomic E-state index is 13.8. The molecule has 4 rings (SSSR count). The highest BCUT2D eigenvalue weighted by atomic mass is 16.2. The van der Waals surface area contributed by atoms with Crippen molar-refractivity contribution < 1.29 is 9.59 Å². The number of imide groups is 1. The Morgan fingerprint density at radius 1 is 0.478 bits per heavy atom. The van der Waals surface area contributed by atoms with E-state index in [2.05, 4.69) is 42.6 Å². The summed E-state index contributed by atoms with van der Waals surface area (Å²) in [5.41, 5.74) is 6.25. The van der Waals surface area contributed by atoms with E-state index in [0.717, 1.165) is 52.6 Å². The van der Waals surface area contributed by atoms with Crippen molar-refractivity contribution in [3.8, 4) is 33.4 Å². The van der Waals surface area contributed by atoms with E-state index in [1.165, 1.54) is 77.0 Å². The van der Waals surface area contributed by atoms with E-state index in [1.54, 1.807) is 0 Å². The minimum absolute atomic E-state index is 0.204. The number of unbranched alkanes of at least 4 members (excludes halogenated alkanes) is 14. The van der Waals surface area contributed by atoms with Gasteiger partial charge in [-0.3, -0.25) is 14.9 Å². The van der Waals surface area contributed by atoms with Gasteiger partial charge in [0.1, 0.15) is 0 Å². The van der Waals surface area contributed by atoms with Crippen molar-refractivity contribution in [2.45, 2.75) is 110 Å². The smallest absolute Gasteiger partial charge is 0.258 e. The highest BCUT2D eigenvalue weighted by Gasteiger charge is 2.21. The zero-order valence-corrected chi connectivity index (χ0v) is 27.9. The molecule has 3 nitrogen and oxygen atoms in total. The molecular formula is C43H53NO2. The predicted molar refractivity (Wildman–Crippen MR) is 195 cm³/mol. The average Bonchev–Trinajstić information content (AvgIpc) is 3.10. The van der Waals surface area contributed by atoms with Crippen LogP contribution in [0.15, 0.2) is 103 Å². The van der Waals surface area contributed by atoms with Crippen molar-refractivity contribution in [3.63, 3.8) is 0 Å². The minimum Gasteiger partial charge on any atom is -0.292 e. The van der Waals surface area contributed by atoms with E-state index >= 15 is 0 Å². The molecule has 0 spiro atoms. The van der Waals surface area contributed by atoms with Crippen molar-refractivity contribution in [3.05, 3.63) is 109 Å². The molecule has 0 aromatic heterocycles. The van der Waals surface area contributed by atoms with E-state index in [9.17, 15) is 9.59 Å². The van der Waals surface area contributed by atoms with E-state index in [-0.39, 0.29) is 11.8 Å². The maximum Gasteiger partial charge on any atom is 0.258 e. The molecular weight excluding hydrogens is 562 g/mol. The van der Waals surface area contributed by atoms with Crippen LogP contribution in [0.25, 0.3) is 33.4 Å². The lowest BCUT2D eigenvalue weighted by atomic mass is 9.87. The summed E-state index contributed by atoms with van der Waals surface area (Å²) in [6.07, 6.45) is 19.6. The fourth-order valence-electron chi connectivity index (χ4n) is 6.29. The Bertz CT molecular complexity index is 1450. The van der Waals surface area contributed by atoms with Crippen LogP contribution in [0, 0.1) is 0 Å². The summed E-state index contributed by atoms with van der Waals surface area (Å²) >= 11 is 0. The lowest BCUT2D eigenvalue weighted by Crippen LogP contribution is -2.30. The topological polar surface area (TPSA) is 46.2 Å². The van der Waals surface area contributed by atoms with Gasteiger partial charge in [-0.05, 0) is 46.4 Å². The molecule has 0 aliphatic heterocycles. The van der Waals surface area contributed by atoms with E-state index in [0.29, 0.717) is 12.0 Å². The van der Waals surface area contributed by atoms with Crippen LogP contribution in [0.2, 0.25) is 0 Å². The van der Waals surface area contributed by atoms with Crippen LogP contribution in [-0.2, 0) is 4.79 Å². The van der Waals surface area contributed by atoms with Gasteiger partial charge in [-0.15, -0.1) is 0 Å².